The van der Waals surface area contributed by atoms with E-state index in [0.29, 0.717) is 12.6 Å². The van der Waals surface area contributed by atoms with Gasteiger partial charge in [0.2, 0.25) is 0 Å². The average molecular weight is 262 g/mol. The molecule has 0 bridgehead atoms. The first-order chi connectivity index (χ1) is 9.29. The normalized spacial score (nSPS) is 24.3. The predicted molar refractivity (Wildman–Crippen MR) is 73.0 cm³/mol. The first kappa shape index (κ1) is 12.7. The quantitative estimate of drug-likeness (QED) is 0.906. The van der Waals surface area contributed by atoms with Crippen molar-refractivity contribution >= 4 is 5.91 Å². The lowest BCUT2D eigenvalue weighted by molar-refractivity contribution is 0.0605. The summed E-state index contributed by atoms with van der Waals surface area (Å²) in [6.45, 7) is 1.71. The molecule has 19 heavy (non-hydrogen) atoms. The number of likely N-dealkylation sites (tertiary alicyclic amines) is 1. The molecule has 4 nitrogen and oxygen atoms in total. The van der Waals surface area contributed by atoms with Crippen LogP contribution in [0.4, 0.5) is 0 Å². The number of hydrogen-bond donors (Lipinski definition) is 1. The molecule has 1 atom stereocenters. The van der Waals surface area contributed by atoms with Crippen LogP contribution in [0.15, 0.2) is 18.3 Å². The van der Waals surface area contributed by atoms with Gasteiger partial charge in [0, 0.05) is 31.9 Å². The number of aliphatic hydroxyl groups excluding tert-OH is 1. The fourth-order valence-corrected chi connectivity index (χ4v) is 3.12. The third-order valence-corrected chi connectivity index (χ3v) is 4.53. The van der Waals surface area contributed by atoms with Crippen molar-refractivity contribution in [3.05, 3.63) is 24.0 Å². The Morgan fingerprint density at radius 3 is 2.84 bits per heavy atom. The summed E-state index contributed by atoms with van der Waals surface area (Å²) < 4.78 is 2.15. The Labute approximate surface area is 114 Å². The van der Waals surface area contributed by atoms with Gasteiger partial charge in [0.15, 0.2) is 0 Å². The lowest BCUT2D eigenvalue weighted by atomic mass is 9.92. The molecule has 0 radical (unpaired) electrons. The first-order valence-corrected chi connectivity index (χ1v) is 7.36. The largest absolute Gasteiger partial charge is 0.396 e. The van der Waals surface area contributed by atoms with Crippen LogP contribution < -0.4 is 0 Å². The van der Waals surface area contributed by atoms with Crippen LogP contribution in [0.5, 0.6) is 0 Å². The molecule has 0 spiro atoms. The van der Waals surface area contributed by atoms with E-state index in [9.17, 15) is 9.90 Å². The Morgan fingerprint density at radius 2 is 2.16 bits per heavy atom. The zero-order valence-corrected chi connectivity index (χ0v) is 11.3. The molecule has 1 aromatic heterocycles. The SMILES string of the molecule is O=C(c1cccn1C1CCC1)N1CCCC(CO)C1. The van der Waals surface area contributed by atoms with E-state index in [0.717, 1.165) is 25.1 Å². The number of piperidine rings is 1. The Bertz CT molecular complexity index is 451. The van der Waals surface area contributed by atoms with Gasteiger partial charge in [-0.05, 0) is 50.2 Å². The zero-order valence-electron chi connectivity index (χ0n) is 11.3. The molecule has 2 fully saturated rings. The van der Waals surface area contributed by atoms with Crippen molar-refractivity contribution in [1.29, 1.82) is 0 Å². The summed E-state index contributed by atoms with van der Waals surface area (Å²) in [5.74, 6) is 0.389. The molecule has 104 valence electrons. The van der Waals surface area contributed by atoms with Crippen LogP contribution in [-0.4, -0.2) is 40.2 Å². The van der Waals surface area contributed by atoms with E-state index in [1.165, 1.54) is 19.3 Å². The molecule has 1 amide bonds. The van der Waals surface area contributed by atoms with Gasteiger partial charge in [-0.1, -0.05) is 0 Å². The first-order valence-electron chi connectivity index (χ1n) is 7.36. The lowest BCUT2D eigenvalue weighted by Crippen LogP contribution is -2.42. The van der Waals surface area contributed by atoms with Crippen molar-refractivity contribution in [2.24, 2.45) is 5.92 Å². The highest BCUT2D eigenvalue weighted by Crippen LogP contribution is 2.33. The van der Waals surface area contributed by atoms with Crippen molar-refractivity contribution in [3.8, 4) is 0 Å². The molecule has 1 saturated heterocycles. The van der Waals surface area contributed by atoms with Crippen LogP contribution in [0.25, 0.3) is 0 Å². The van der Waals surface area contributed by atoms with Gasteiger partial charge in [0.1, 0.15) is 5.69 Å². The number of nitrogens with zero attached hydrogens (tertiary/aromatic N) is 2. The number of hydrogen-bond acceptors (Lipinski definition) is 2. The second kappa shape index (κ2) is 5.37. The number of rotatable bonds is 3. The molecule has 1 saturated carbocycles. The van der Waals surface area contributed by atoms with E-state index < -0.39 is 0 Å². The monoisotopic (exact) mass is 262 g/mol. The molecule has 4 heteroatoms. The summed E-state index contributed by atoms with van der Waals surface area (Å²) >= 11 is 0. The smallest absolute Gasteiger partial charge is 0.270 e. The van der Waals surface area contributed by atoms with Crippen LogP contribution in [0.2, 0.25) is 0 Å². The minimum atomic E-state index is 0.134. The van der Waals surface area contributed by atoms with Crippen LogP contribution >= 0.6 is 0 Å². The Kier molecular flexibility index (Phi) is 3.60. The molecule has 1 aromatic rings. The predicted octanol–water partition coefficient (Wildman–Crippen LogP) is 2.06. The standard InChI is InChI=1S/C15H22N2O2/c18-11-12-4-2-8-16(10-12)15(19)14-7-3-9-17(14)13-5-1-6-13/h3,7,9,12-13,18H,1-2,4-6,8,10-11H2. The highest BCUT2D eigenvalue weighted by molar-refractivity contribution is 5.93. The molecule has 1 aliphatic heterocycles. The van der Waals surface area contributed by atoms with Crippen LogP contribution in [0.1, 0.15) is 48.6 Å². The minimum Gasteiger partial charge on any atom is -0.396 e. The van der Waals surface area contributed by atoms with Crippen molar-refractivity contribution in [3.63, 3.8) is 0 Å². The number of carbonyl (C=O) groups is 1. The average Bonchev–Trinajstić information content (AvgIpc) is 2.85. The van der Waals surface area contributed by atoms with Gasteiger partial charge in [-0.2, -0.15) is 0 Å². The summed E-state index contributed by atoms with van der Waals surface area (Å²) in [6, 6.07) is 4.43. The maximum atomic E-state index is 12.6. The highest BCUT2D eigenvalue weighted by Gasteiger charge is 2.28. The molecular formula is C15H22N2O2. The molecule has 0 aromatic carbocycles. The van der Waals surface area contributed by atoms with E-state index in [4.69, 9.17) is 0 Å². The van der Waals surface area contributed by atoms with Crippen molar-refractivity contribution in [2.75, 3.05) is 19.7 Å². The van der Waals surface area contributed by atoms with Crippen molar-refractivity contribution < 1.29 is 9.90 Å². The molecule has 2 heterocycles. The van der Waals surface area contributed by atoms with E-state index >= 15 is 0 Å². The Morgan fingerprint density at radius 1 is 1.32 bits per heavy atom. The third kappa shape index (κ3) is 2.41. The van der Waals surface area contributed by atoms with E-state index in [1.54, 1.807) is 0 Å². The number of aromatic nitrogens is 1. The van der Waals surface area contributed by atoms with Gasteiger partial charge in [-0.25, -0.2) is 0 Å². The van der Waals surface area contributed by atoms with Gasteiger partial charge in [0.25, 0.3) is 5.91 Å². The molecule has 3 rings (SSSR count). The number of carbonyl (C=O) groups excluding carboxylic acids is 1. The summed E-state index contributed by atoms with van der Waals surface area (Å²) in [5, 5.41) is 9.27. The lowest BCUT2D eigenvalue weighted by Gasteiger charge is -2.34. The molecule has 1 N–H and O–H groups in total. The minimum absolute atomic E-state index is 0.134. The fraction of sp³-hybridized carbons (Fsp3) is 0.667. The van der Waals surface area contributed by atoms with Crippen LogP contribution in [-0.2, 0) is 0 Å². The van der Waals surface area contributed by atoms with Crippen molar-refractivity contribution in [2.45, 2.75) is 38.1 Å². The van der Waals surface area contributed by atoms with Crippen molar-refractivity contribution in [1.82, 2.24) is 9.47 Å². The summed E-state index contributed by atoms with van der Waals surface area (Å²) in [4.78, 5) is 14.5. The molecule has 1 unspecified atom stereocenters. The van der Waals surface area contributed by atoms with E-state index in [2.05, 4.69) is 4.57 Å². The molecular weight excluding hydrogens is 240 g/mol. The number of aliphatic hydroxyl groups is 1. The van der Waals surface area contributed by atoms with Gasteiger partial charge < -0.3 is 14.6 Å². The molecule has 2 aliphatic rings. The Hall–Kier alpha value is -1.29. The second-order valence-electron chi connectivity index (χ2n) is 5.83. The van der Waals surface area contributed by atoms with Crippen LogP contribution in [0, 0.1) is 5.92 Å². The van der Waals surface area contributed by atoms with E-state index in [1.807, 2.05) is 23.2 Å². The highest BCUT2D eigenvalue weighted by atomic mass is 16.3. The second-order valence-corrected chi connectivity index (χ2v) is 5.83. The van der Waals surface area contributed by atoms with Crippen LogP contribution in [0.3, 0.4) is 0 Å². The molecule has 1 aliphatic carbocycles. The summed E-state index contributed by atoms with van der Waals surface area (Å²) in [5.41, 5.74) is 0.822. The maximum absolute atomic E-state index is 12.6. The summed E-state index contributed by atoms with van der Waals surface area (Å²) in [6.07, 6.45) is 7.71. The zero-order chi connectivity index (χ0) is 13.2. The van der Waals surface area contributed by atoms with Gasteiger partial charge >= 0.3 is 0 Å². The van der Waals surface area contributed by atoms with Gasteiger partial charge in [-0.15, -0.1) is 0 Å². The van der Waals surface area contributed by atoms with Gasteiger partial charge in [-0.3, -0.25) is 4.79 Å². The fourth-order valence-electron chi connectivity index (χ4n) is 3.12. The summed E-state index contributed by atoms with van der Waals surface area (Å²) in [7, 11) is 0. The maximum Gasteiger partial charge on any atom is 0.270 e. The third-order valence-electron chi connectivity index (χ3n) is 4.53. The number of amides is 1. The Balaban J connectivity index is 1.74. The van der Waals surface area contributed by atoms with E-state index in [-0.39, 0.29) is 18.4 Å². The topological polar surface area (TPSA) is 45.5 Å². The van der Waals surface area contributed by atoms with Gasteiger partial charge in [0.05, 0.1) is 0 Å².